The summed E-state index contributed by atoms with van der Waals surface area (Å²) in [5.41, 5.74) is 3.10. The van der Waals surface area contributed by atoms with E-state index in [0.29, 0.717) is 26.0 Å². The van der Waals surface area contributed by atoms with Crippen LogP contribution in [0.3, 0.4) is 0 Å². The van der Waals surface area contributed by atoms with Crippen LogP contribution in [0.15, 0.2) is 84.9 Å². The molecule has 3 atom stereocenters. The molecule has 0 radical (unpaired) electrons. The number of rotatable bonds is 11. The second kappa shape index (κ2) is 13.8. The molecule has 0 aliphatic carbocycles. The molecule has 5 nitrogen and oxygen atoms in total. The Morgan fingerprint density at radius 2 is 1.58 bits per heavy atom. The molecule has 0 spiro atoms. The molecule has 1 aliphatic rings. The van der Waals surface area contributed by atoms with Crippen LogP contribution in [-0.2, 0) is 20.7 Å². The highest BCUT2D eigenvalue weighted by atomic mass is 16.5. The van der Waals surface area contributed by atoms with Gasteiger partial charge in [0.1, 0.15) is 17.9 Å². The van der Waals surface area contributed by atoms with Gasteiger partial charge in [-0.25, -0.2) is 4.79 Å². The van der Waals surface area contributed by atoms with Crippen LogP contribution in [0.5, 0.6) is 5.75 Å². The molecular weight excluding hydrogens is 474 g/mol. The number of hydrogen-bond acceptors (Lipinski definition) is 4. The zero-order valence-electron chi connectivity index (χ0n) is 22.6. The fraction of sp³-hybridized carbons (Fsp3) is 0.394. The van der Waals surface area contributed by atoms with Gasteiger partial charge in [0, 0.05) is 6.54 Å². The first-order valence-corrected chi connectivity index (χ1v) is 13.9. The van der Waals surface area contributed by atoms with Crippen molar-refractivity contribution in [2.24, 2.45) is 0 Å². The van der Waals surface area contributed by atoms with Crippen LogP contribution in [0.1, 0.15) is 74.7 Å². The Morgan fingerprint density at radius 3 is 2.26 bits per heavy atom. The summed E-state index contributed by atoms with van der Waals surface area (Å²) < 4.78 is 11.8. The predicted octanol–water partition coefficient (Wildman–Crippen LogP) is 6.88. The maximum absolute atomic E-state index is 13.6. The molecule has 0 bridgehead atoms. The number of likely N-dealkylation sites (tertiary alicyclic amines) is 1. The smallest absolute Gasteiger partial charge is 0.329 e. The van der Waals surface area contributed by atoms with Gasteiger partial charge in [-0.1, -0.05) is 79.7 Å². The van der Waals surface area contributed by atoms with Crippen molar-refractivity contribution in [3.63, 3.8) is 0 Å². The fourth-order valence-electron chi connectivity index (χ4n) is 5.03. The zero-order valence-corrected chi connectivity index (χ0v) is 22.6. The lowest BCUT2D eigenvalue weighted by atomic mass is 9.95. The molecule has 1 saturated heterocycles. The lowest BCUT2D eigenvalue weighted by molar-refractivity contribution is -0.162. The first kappa shape index (κ1) is 27.4. The van der Waals surface area contributed by atoms with Crippen molar-refractivity contribution < 1.29 is 19.1 Å². The molecule has 3 aromatic rings. The number of nitrogens with zero attached hydrogens (tertiary/aromatic N) is 1. The SMILES string of the molecule is CCCOc1ccc(C(C)C(=O)N2CCCCC2C(=O)OC(CCc2ccccc2)c2ccccc2)cc1. The van der Waals surface area contributed by atoms with Crippen molar-refractivity contribution in [2.75, 3.05) is 13.2 Å². The lowest BCUT2D eigenvalue weighted by Gasteiger charge is -2.36. The van der Waals surface area contributed by atoms with E-state index >= 15 is 0 Å². The molecule has 1 heterocycles. The maximum atomic E-state index is 13.6. The summed E-state index contributed by atoms with van der Waals surface area (Å²) >= 11 is 0. The van der Waals surface area contributed by atoms with Crippen LogP contribution in [0.4, 0.5) is 0 Å². The standard InChI is InChI=1S/C33H39NO4/c1-3-24-37-29-20-18-27(19-21-29)25(2)32(35)34-23-11-10-16-30(34)33(36)38-31(28-14-8-5-9-15-28)22-17-26-12-6-4-7-13-26/h4-9,12-15,18-21,25,30-31H,3,10-11,16-17,22-24H2,1-2H3. The molecule has 1 amide bonds. The van der Waals surface area contributed by atoms with Gasteiger partial charge in [0.25, 0.3) is 0 Å². The number of amides is 1. The van der Waals surface area contributed by atoms with Crippen molar-refractivity contribution in [1.29, 1.82) is 0 Å². The van der Waals surface area contributed by atoms with Crippen LogP contribution in [-0.4, -0.2) is 36.0 Å². The van der Waals surface area contributed by atoms with E-state index in [4.69, 9.17) is 9.47 Å². The minimum absolute atomic E-state index is 0.0329. The average molecular weight is 514 g/mol. The van der Waals surface area contributed by atoms with Crippen molar-refractivity contribution >= 4 is 11.9 Å². The van der Waals surface area contributed by atoms with Crippen molar-refractivity contribution in [2.45, 2.75) is 70.4 Å². The van der Waals surface area contributed by atoms with Crippen LogP contribution >= 0.6 is 0 Å². The van der Waals surface area contributed by atoms with Gasteiger partial charge < -0.3 is 14.4 Å². The number of carbonyl (C=O) groups is 2. The monoisotopic (exact) mass is 513 g/mol. The highest BCUT2D eigenvalue weighted by molar-refractivity contribution is 5.88. The van der Waals surface area contributed by atoms with Gasteiger partial charge >= 0.3 is 5.97 Å². The van der Waals surface area contributed by atoms with E-state index < -0.39 is 6.04 Å². The largest absolute Gasteiger partial charge is 0.494 e. The molecule has 1 aliphatic heterocycles. The minimum atomic E-state index is -0.561. The van der Waals surface area contributed by atoms with Gasteiger partial charge in [-0.3, -0.25) is 4.79 Å². The van der Waals surface area contributed by atoms with Gasteiger partial charge in [-0.2, -0.15) is 0 Å². The van der Waals surface area contributed by atoms with Crippen LogP contribution in [0.25, 0.3) is 0 Å². The predicted molar refractivity (Wildman–Crippen MR) is 150 cm³/mol. The molecule has 0 aromatic heterocycles. The van der Waals surface area contributed by atoms with Crippen LogP contribution in [0, 0.1) is 0 Å². The number of aryl methyl sites for hydroxylation is 1. The van der Waals surface area contributed by atoms with Gasteiger partial charge in [0.15, 0.2) is 0 Å². The lowest BCUT2D eigenvalue weighted by Crippen LogP contribution is -2.50. The zero-order chi connectivity index (χ0) is 26.7. The van der Waals surface area contributed by atoms with Crippen molar-refractivity contribution in [3.05, 3.63) is 102 Å². The topological polar surface area (TPSA) is 55.8 Å². The Bertz CT molecular complexity index is 1150. The molecule has 3 unspecified atom stereocenters. The first-order valence-electron chi connectivity index (χ1n) is 13.9. The van der Waals surface area contributed by atoms with Gasteiger partial charge in [-0.15, -0.1) is 0 Å². The van der Waals surface area contributed by atoms with E-state index in [9.17, 15) is 9.59 Å². The number of hydrogen-bond donors (Lipinski definition) is 0. The fourth-order valence-corrected chi connectivity index (χ4v) is 5.03. The second-order valence-corrected chi connectivity index (χ2v) is 10.0. The van der Waals surface area contributed by atoms with E-state index in [1.165, 1.54) is 5.56 Å². The van der Waals surface area contributed by atoms with E-state index in [2.05, 4.69) is 19.1 Å². The number of carbonyl (C=O) groups excluding carboxylic acids is 2. The highest BCUT2D eigenvalue weighted by Gasteiger charge is 2.36. The Labute approximate surface area is 226 Å². The Hall–Kier alpha value is -3.60. The number of ether oxygens (including phenoxy) is 2. The van der Waals surface area contributed by atoms with E-state index in [-0.39, 0.29) is 23.9 Å². The summed E-state index contributed by atoms with van der Waals surface area (Å²) in [5.74, 6) is 0.105. The number of benzene rings is 3. The van der Waals surface area contributed by atoms with Gasteiger partial charge in [0.2, 0.25) is 5.91 Å². The maximum Gasteiger partial charge on any atom is 0.329 e. The van der Waals surface area contributed by atoms with E-state index in [0.717, 1.165) is 42.6 Å². The third kappa shape index (κ3) is 7.25. The van der Waals surface area contributed by atoms with Crippen LogP contribution in [0.2, 0.25) is 0 Å². The summed E-state index contributed by atoms with van der Waals surface area (Å²) in [6.07, 6.45) is 4.49. The third-order valence-corrected chi connectivity index (χ3v) is 7.25. The third-order valence-electron chi connectivity index (χ3n) is 7.25. The summed E-state index contributed by atoms with van der Waals surface area (Å²) in [6.45, 7) is 5.22. The molecule has 0 N–H and O–H groups in total. The molecule has 4 rings (SSSR count). The highest BCUT2D eigenvalue weighted by Crippen LogP contribution is 2.29. The summed E-state index contributed by atoms with van der Waals surface area (Å²) in [7, 11) is 0. The molecule has 200 valence electrons. The molecule has 0 saturated carbocycles. The van der Waals surface area contributed by atoms with Gasteiger partial charge in [-0.05, 0) is 74.3 Å². The molecule has 3 aromatic carbocycles. The molecule has 5 heteroatoms. The first-order chi connectivity index (χ1) is 18.6. The van der Waals surface area contributed by atoms with E-state index in [1.807, 2.05) is 79.7 Å². The Balaban J connectivity index is 1.45. The van der Waals surface area contributed by atoms with Gasteiger partial charge in [0.05, 0.1) is 12.5 Å². The summed E-state index contributed by atoms with van der Waals surface area (Å²) in [6, 6.07) is 27.3. The Morgan fingerprint density at radius 1 is 0.895 bits per heavy atom. The van der Waals surface area contributed by atoms with E-state index in [1.54, 1.807) is 4.90 Å². The quantitative estimate of drug-likeness (QED) is 0.262. The summed E-state index contributed by atoms with van der Waals surface area (Å²) in [5, 5.41) is 0. The average Bonchev–Trinajstić information content (AvgIpc) is 2.98. The normalized spacial score (nSPS) is 16.9. The van der Waals surface area contributed by atoms with Crippen LogP contribution < -0.4 is 4.74 Å². The minimum Gasteiger partial charge on any atom is -0.494 e. The van der Waals surface area contributed by atoms with Crippen molar-refractivity contribution in [3.8, 4) is 5.75 Å². The number of piperidine rings is 1. The molecule has 38 heavy (non-hydrogen) atoms. The summed E-state index contributed by atoms with van der Waals surface area (Å²) in [4.78, 5) is 29.0. The second-order valence-electron chi connectivity index (χ2n) is 10.0. The molecular formula is C33H39NO4. The molecule has 1 fully saturated rings. The number of esters is 1. The Kier molecular flexibility index (Phi) is 9.97. The van der Waals surface area contributed by atoms with Crippen molar-refractivity contribution in [1.82, 2.24) is 4.90 Å².